The van der Waals surface area contributed by atoms with Gasteiger partial charge in [-0.2, -0.15) is 0 Å². The first-order valence-corrected chi connectivity index (χ1v) is 15.3. The number of carbonyl (C=O) groups excluding carboxylic acids is 4. The predicted octanol–water partition coefficient (Wildman–Crippen LogP) is 5.32. The number of fused-ring (bicyclic) bond motifs is 1. The van der Waals surface area contributed by atoms with Crippen LogP contribution in [0.1, 0.15) is 27.5 Å². The lowest BCUT2D eigenvalue weighted by atomic mass is 10.0. The van der Waals surface area contributed by atoms with Crippen LogP contribution in [0.25, 0.3) is 0 Å². The van der Waals surface area contributed by atoms with Crippen LogP contribution in [0.5, 0.6) is 28.7 Å². The molecule has 1 N–H and O–H groups in total. The van der Waals surface area contributed by atoms with Gasteiger partial charge in [-0.3, -0.25) is 24.1 Å². The van der Waals surface area contributed by atoms with Crippen LogP contribution in [-0.4, -0.2) is 70.5 Å². The van der Waals surface area contributed by atoms with E-state index in [9.17, 15) is 19.2 Å². The standard InChI is InChI=1S/C36H34ClN3O9/c1-45-24-14-15-26(28(18-24)46-2)38-35(43)32(22-16-29(47-3)34(49-5)30(17-22)48-4)40(19-21-10-12-23(37)13-11-21)31(41)20-39-27-9-7-6-8-25(27)33(42)36(39)44/h6-18,32H,19-20H2,1-5H3,(H,38,43). The quantitative estimate of drug-likeness (QED) is 0.186. The predicted molar refractivity (Wildman–Crippen MR) is 182 cm³/mol. The third-order valence-corrected chi connectivity index (χ3v) is 8.24. The Hall–Kier alpha value is -5.75. The maximum absolute atomic E-state index is 14.6. The number of methoxy groups -OCH3 is 5. The Bertz CT molecular complexity index is 1870. The number of anilines is 2. The van der Waals surface area contributed by atoms with Crippen LogP contribution < -0.4 is 33.9 Å². The van der Waals surface area contributed by atoms with Gasteiger partial charge in [0.1, 0.15) is 24.1 Å². The Morgan fingerprint density at radius 3 is 2.06 bits per heavy atom. The highest BCUT2D eigenvalue weighted by molar-refractivity contribution is 6.52. The Labute approximate surface area is 288 Å². The number of Topliss-reactive ketones (excluding diaryl/α,β-unsaturated/α-hetero) is 1. The zero-order valence-electron chi connectivity index (χ0n) is 27.4. The lowest BCUT2D eigenvalue weighted by Gasteiger charge is -2.33. The van der Waals surface area contributed by atoms with Gasteiger partial charge < -0.3 is 33.9 Å². The highest BCUT2D eigenvalue weighted by Crippen LogP contribution is 2.42. The van der Waals surface area contributed by atoms with Crippen molar-refractivity contribution in [2.24, 2.45) is 0 Å². The molecule has 0 spiro atoms. The molecule has 0 saturated heterocycles. The summed E-state index contributed by atoms with van der Waals surface area (Å²) < 4.78 is 27.5. The normalized spacial score (nSPS) is 12.6. The molecule has 0 aromatic heterocycles. The molecule has 1 aliphatic heterocycles. The van der Waals surface area contributed by atoms with Crippen molar-refractivity contribution in [3.05, 3.63) is 101 Å². The first-order chi connectivity index (χ1) is 23.6. The van der Waals surface area contributed by atoms with Crippen molar-refractivity contribution in [1.82, 2.24) is 4.90 Å². The number of nitrogens with one attached hydrogen (secondary N) is 1. The molecule has 5 rings (SSSR count). The minimum absolute atomic E-state index is 0.0951. The largest absolute Gasteiger partial charge is 0.497 e. The van der Waals surface area contributed by atoms with Gasteiger partial charge in [0.15, 0.2) is 11.5 Å². The van der Waals surface area contributed by atoms with E-state index in [4.69, 9.17) is 35.3 Å². The number of rotatable bonds is 13. The van der Waals surface area contributed by atoms with Gasteiger partial charge in [-0.15, -0.1) is 0 Å². The molecule has 0 radical (unpaired) electrons. The van der Waals surface area contributed by atoms with Crippen LogP contribution in [0.4, 0.5) is 11.4 Å². The molecule has 12 nitrogen and oxygen atoms in total. The minimum atomic E-state index is -1.35. The zero-order chi connectivity index (χ0) is 35.2. The summed E-state index contributed by atoms with van der Waals surface area (Å²) in [7, 11) is 7.27. The highest BCUT2D eigenvalue weighted by atomic mass is 35.5. The highest BCUT2D eigenvalue weighted by Gasteiger charge is 2.40. The van der Waals surface area contributed by atoms with Crippen LogP contribution >= 0.6 is 11.6 Å². The summed E-state index contributed by atoms with van der Waals surface area (Å²) in [4.78, 5) is 57.5. The monoisotopic (exact) mass is 687 g/mol. The Kier molecular flexibility index (Phi) is 10.6. The molecule has 1 aliphatic rings. The van der Waals surface area contributed by atoms with Crippen LogP contribution in [0, 0.1) is 0 Å². The average Bonchev–Trinajstić information content (AvgIpc) is 3.36. The maximum Gasteiger partial charge on any atom is 0.299 e. The number of para-hydroxylation sites is 1. The molecule has 13 heteroatoms. The number of nitrogens with zero attached hydrogens (tertiary/aromatic N) is 2. The van der Waals surface area contributed by atoms with Crippen LogP contribution in [-0.2, 0) is 20.9 Å². The summed E-state index contributed by atoms with van der Waals surface area (Å²) in [5, 5.41) is 3.37. The van der Waals surface area contributed by atoms with Gasteiger partial charge in [0.2, 0.25) is 11.7 Å². The fourth-order valence-electron chi connectivity index (χ4n) is 5.58. The van der Waals surface area contributed by atoms with Gasteiger partial charge in [-0.05, 0) is 59.7 Å². The van der Waals surface area contributed by atoms with E-state index >= 15 is 0 Å². The van der Waals surface area contributed by atoms with Crippen LogP contribution in [0.15, 0.2) is 78.9 Å². The number of halogens is 1. The van der Waals surface area contributed by atoms with Crippen LogP contribution in [0.3, 0.4) is 0 Å². The average molecular weight is 688 g/mol. The third kappa shape index (κ3) is 7.09. The SMILES string of the molecule is COc1ccc(NC(=O)C(c2cc(OC)c(OC)c(OC)c2)N(Cc2ccc(Cl)cc2)C(=O)CN2C(=O)C(=O)c3ccccc32)c(OC)c1. The number of ketones is 1. The van der Waals surface area contributed by atoms with Crippen molar-refractivity contribution in [1.29, 1.82) is 0 Å². The molecule has 1 atom stereocenters. The van der Waals surface area contributed by atoms with Crippen molar-refractivity contribution in [3.63, 3.8) is 0 Å². The fourth-order valence-corrected chi connectivity index (χ4v) is 5.70. The van der Waals surface area contributed by atoms with E-state index in [-0.39, 0.29) is 29.4 Å². The van der Waals surface area contributed by atoms with Gasteiger partial charge in [0, 0.05) is 17.6 Å². The zero-order valence-corrected chi connectivity index (χ0v) is 28.2. The Morgan fingerprint density at radius 2 is 1.45 bits per heavy atom. The molecule has 49 heavy (non-hydrogen) atoms. The topological polar surface area (TPSA) is 133 Å². The van der Waals surface area contributed by atoms with E-state index in [0.717, 1.165) is 4.90 Å². The molecule has 0 aliphatic carbocycles. The summed E-state index contributed by atoms with van der Waals surface area (Å²) in [5.41, 5.74) is 1.73. The first kappa shape index (κ1) is 34.6. The van der Waals surface area contributed by atoms with Crippen molar-refractivity contribution >= 4 is 46.5 Å². The molecule has 0 bridgehead atoms. The van der Waals surface area contributed by atoms with Crippen molar-refractivity contribution in [2.45, 2.75) is 12.6 Å². The molecule has 254 valence electrons. The summed E-state index contributed by atoms with van der Waals surface area (Å²) in [6, 6.07) is 19.8. The molecule has 1 unspecified atom stereocenters. The number of hydrogen-bond donors (Lipinski definition) is 1. The second-order valence-electron chi connectivity index (χ2n) is 10.8. The van der Waals surface area contributed by atoms with Gasteiger partial charge in [-0.1, -0.05) is 35.9 Å². The Morgan fingerprint density at radius 1 is 0.796 bits per heavy atom. The molecule has 3 amide bonds. The first-order valence-electron chi connectivity index (χ1n) is 15.0. The molecule has 0 saturated carbocycles. The van der Waals surface area contributed by atoms with E-state index < -0.39 is 36.1 Å². The number of benzene rings is 4. The maximum atomic E-state index is 14.6. The van der Waals surface area contributed by atoms with E-state index in [2.05, 4.69) is 5.32 Å². The van der Waals surface area contributed by atoms with Gasteiger partial charge >= 0.3 is 0 Å². The molecular formula is C36H34ClN3O9. The lowest BCUT2D eigenvalue weighted by Crippen LogP contribution is -2.46. The summed E-state index contributed by atoms with van der Waals surface area (Å²) in [6.45, 7) is -0.628. The van der Waals surface area contributed by atoms with Gasteiger partial charge in [-0.25, -0.2) is 0 Å². The molecular weight excluding hydrogens is 654 g/mol. The number of amides is 3. The van der Waals surface area contributed by atoms with Gasteiger partial charge in [0.25, 0.3) is 17.6 Å². The number of ether oxygens (including phenoxy) is 5. The summed E-state index contributed by atoms with van der Waals surface area (Å²) in [5.74, 6) is -1.28. The number of carbonyl (C=O) groups is 4. The van der Waals surface area contributed by atoms with Crippen molar-refractivity contribution < 1.29 is 42.9 Å². The van der Waals surface area contributed by atoms with E-state index in [1.165, 1.54) is 46.5 Å². The van der Waals surface area contributed by atoms with Crippen molar-refractivity contribution in [2.75, 3.05) is 52.3 Å². The van der Waals surface area contributed by atoms with E-state index in [0.29, 0.717) is 39.0 Å². The summed E-state index contributed by atoms with van der Waals surface area (Å²) in [6.07, 6.45) is 0. The third-order valence-electron chi connectivity index (χ3n) is 7.99. The second kappa shape index (κ2) is 15.0. The second-order valence-corrected chi connectivity index (χ2v) is 11.2. The summed E-state index contributed by atoms with van der Waals surface area (Å²) >= 11 is 6.17. The molecule has 4 aromatic carbocycles. The molecule has 1 heterocycles. The van der Waals surface area contributed by atoms with Gasteiger partial charge in [0.05, 0.1) is 52.5 Å². The van der Waals surface area contributed by atoms with E-state index in [1.807, 2.05) is 0 Å². The fraction of sp³-hybridized carbons (Fsp3) is 0.222. The smallest absolute Gasteiger partial charge is 0.299 e. The minimum Gasteiger partial charge on any atom is -0.497 e. The van der Waals surface area contributed by atoms with Crippen molar-refractivity contribution in [3.8, 4) is 28.7 Å². The Balaban J connectivity index is 1.66. The van der Waals surface area contributed by atoms with E-state index in [1.54, 1.807) is 72.8 Å². The lowest BCUT2D eigenvalue weighted by molar-refractivity contribution is -0.139. The van der Waals surface area contributed by atoms with Crippen LogP contribution in [0.2, 0.25) is 5.02 Å². The molecule has 4 aromatic rings. The molecule has 0 fully saturated rings. The number of hydrogen-bond acceptors (Lipinski definition) is 9.